The van der Waals surface area contributed by atoms with E-state index >= 15 is 0 Å². The minimum atomic E-state index is -4.74. The van der Waals surface area contributed by atoms with Crippen molar-refractivity contribution in [1.82, 2.24) is 0 Å². The first kappa shape index (κ1) is 25.7. The van der Waals surface area contributed by atoms with Gasteiger partial charge in [-0.25, -0.2) is 8.42 Å². The summed E-state index contributed by atoms with van der Waals surface area (Å²) in [7, 11) is -4.46. The van der Waals surface area contributed by atoms with E-state index in [1.807, 2.05) is 0 Å². The van der Waals surface area contributed by atoms with Crippen LogP contribution in [0.1, 0.15) is 16.7 Å². The second kappa shape index (κ2) is 9.74. The van der Waals surface area contributed by atoms with Crippen molar-refractivity contribution in [2.24, 2.45) is 0 Å². The Labute approximate surface area is 199 Å². The molecule has 0 fully saturated rings. The lowest BCUT2D eigenvalue weighted by atomic mass is 10.1. The molecule has 3 aromatic carbocycles. The van der Waals surface area contributed by atoms with E-state index in [0.29, 0.717) is 10.4 Å². The molecular formula is C23H20F3N3O5S. The first-order valence-corrected chi connectivity index (χ1v) is 11.6. The maximum absolute atomic E-state index is 13.4. The Kier molecular flexibility index (Phi) is 7.15. The fourth-order valence-corrected chi connectivity index (χ4v) is 4.68. The number of aryl methyl sites for hydroxylation is 1. The van der Waals surface area contributed by atoms with E-state index in [9.17, 15) is 36.5 Å². The number of benzene rings is 3. The van der Waals surface area contributed by atoms with Gasteiger partial charge in [-0.3, -0.25) is 19.2 Å². The molecule has 35 heavy (non-hydrogen) atoms. The van der Waals surface area contributed by atoms with Crippen molar-refractivity contribution in [3.63, 3.8) is 0 Å². The van der Waals surface area contributed by atoms with E-state index in [2.05, 4.69) is 5.32 Å². The van der Waals surface area contributed by atoms with Crippen LogP contribution < -0.4 is 9.62 Å². The minimum Gasteiger partial charge on any atom is -0.324 e. The molecule has 12 heteroatoms. The van der Waals surface area contributed by atoms with Crippen LogP contribution in [0.5, 0.6) is 0 Å². The third-order valence-corrected chi connectivity index (χ3v) is 6.92. The Morgan fingerprint density at radius 2 is 1.66 bits per heavy atom. The van der Waals surface area contributed by atoms with Gasteiger partial charge >= 0.3 is 6.18 Å². The number of nitro benzene ring substituents is 1. The Balaban J connectivity index is 2.03. The molecule has 0 spiro atoms. The summed E-state index contributed by atoms with van der Waals surface area (Å²) in [5.41, 5.74) is -0.752. The van der Waals surface area contributed by atoms with Gasteiger partial charge in [0.25, 0.3) is 15.7 Å². The number of halogens is 3. The third kappa shape index (κ3) is 5.77. The number of nitrogens with zero attached hydrogens (tertiary/aromatic N) is 2. The Hall–Kier alpha value is -3.93. The molecule has 184 valence electrons. The SMILES string of the molecule is Cc1ccc(S(=O)(=O)N(CC(=O)Nc2cccc([N+](=O)[O-])c2C)c2cccc(C(F)(F)F)c2)cc1. The quantitative estimate of drug-likeness (QED) is 0.355. The van der Waals surface area contributed by atoms with Crippen LogP contribution >= 0.6 is 0 Å². The van der Waals surface area contributed by atoms with Gasteiger partial charge in [-0.1, -0.05) is 29.8 Å². The summed E-state index contributed by atoms with van der Waals surface area (Å²) in [4.78, 5) is 23.1. The second-order valence-corrected chi connectivity index (χ2v) is 9.49. The lowest BCUT2D eigenvalue weighted by molar-refractivity contribution is -0.385. The standard InChI is InChI=1S/C23H20F3N3O5S/c1-15-9-11-19(12-10-15)35(33,34)28(18-6-3-5-17(13-18)23(24,25)26)14-22(30)27-20-7-4-8-21(16(20)2)29(31)32/h3-13H,14H2,1-2H3,(H,27,30). The molecule has 1 amide bonds. The molecule has 0 aliphatic carbocycles. The number of hydrogen-bond acceptors (Lipinski definition) is 5. The van der Waals surface area contributed by atoms with E-state index < -0.39 is 39.1 Å². The zero-order chi connectivity index (χ0) is 26.0. The van der Waals surface area contributed by atoms with Gasteiger partial charge in [-0.2, -0.15) is 13.2 Å². The number of carbonyl (C=O) groups is 1. The van der Waals surface area contributed by atoms with Gasteiger partial charge in [0.15, 0.2) is 0 Å². The molecule has 1 N–H and O–H groups in total. The predicted molar refractivity (Wildman–Crippen MR) is 124 cm³/mol. The van der Waals surface area contributed by atoms with Crippen LogP contribution in [0.3, 0.4) is 0 Å². The van der Waals surface area contributed by atoms with Crippen molar-refractivity contribution in [1.29, 1.82) is 0 Å². The van der Waals surface area contributed by atoms with Crippen LogP contribution in [-0.2, 0) is 21.0 Å². The molecule has 0 aromatic heterocycles. The molecule has 0 radical (unpaired) electrons. The molecule has 0 atom stereocenters. The highest BCUT2D eigenvalue weighted by Gasteiger charge is 2.33. The largest absolute Gasteiger partial charge is 0.416 e. The van der Waals surface area contributed by atoms with Crippen molar-refractivity contribution in [2.45, 2.75) is 24.9 Å². The monoisotopic (exact) mass is 507 g/mol. The average molecular weight is 507 g/mol. The van der Waals surface area contributed by atoms with Gasteiger partial charge in [0.1, 0.15) is 6.54 Å². The van der Waals surface area contributed by atoms with Gasteiger partial charge in [0, 0.05) is 6.07 Å². The smallest absolute Gasteiger partial charge is 0.324 e. The molecule has 0 aliphatic rings. The number of hydrogen-bond donors (Lipinski definition) is 1. The summed E-state index contributed by atoms with van der Waals surface area (Å²) in [5, 5.41) is 13.6. The van der Waals surface area contributed by atoms with Crippen molar-refractivity contribution >= 4 is 33.0 Å². The summed E-state index contributed by atoms with van der Waals surface area (Å²) in [6.45, 7) is 2.26. The van der Waals surface area contributed by atoms with E-state index in [1.165, 1.54) is 49.4 Å². The van der Waals surface area contributed by atoms with Crippen LogP contribution in [0.4, 0.5) is 30.2 Å². The number of anilines is 2. The van der Waals surface area contributed by atoms with Crippen molar-refractivity contribution in [2.75, 3.05) is 16.2 Å². The van der Waals surface area contributed by atoms with Crippen molar-refractivity contribution < 1.29 is 31.3 Å². The average Bonchev–Trinajstić information content (AvgIpc) is 2.78. The Morgan fingerprint density at radius 1 is 1.03 bits per heavy atom. The molecular weight excluding hydrogens is 487 g/mol. The van der Waals surface area contributed by atoms with Crippen LogP contribution in [0.15, 0.2) is 71.6 Å². The van der Waals surface area contributed by atoms with Gasteiger partial charge in [-0.05, 0) is 50.2 Å². The second-order valence-electron chi connectivity index (χ2n) is 7.63. The summed E-state index contributed by atoms with van der Waals surface area (Å²) < 4.78 is 67.2. The summed E-state index contributed by atoms with van der Waals surface area (Å²) in [6, 6.07) is 13.2. The molecule has 0 heterocycles. The molecule has 3 aromatic rings. The lowest BCUT2D eigenvalue weighted by Gasteiger charge is -2.25. The fraction of sp³-hybridized carbons (Fsp3) is 0.174. The van der Waals surface area contributed by atoms with Crippen LogP contribution in [0.2, 0.25) is 0 Å². The summed E-state index contributed by atoms with van der Waals surface area (Å²) in [5.74, 6) is -0.901. The number of sulfonamides is 1. The Bertz CT molecular complexity index is 1370. The highest BCUT2D eigenvalue weighted by atomic mass is 32.2. The van der Waals surface area contributed by atoms with E-state index in [4.69, 9.17) is 0 Å². The first-order valence-electron chi connectivity index (χ1n) is 10.1. The fourth-order valence-electron chi connectivity index (χ4n) is 3.27. The van der Waals surface area contributed by atoms with Gasteiger partial charge in [0.05, 0.1) is 32.3 Å². The molecule has 0 bridgehead atoms. The van der Waals surface area contributed by atoms with Gasteiger partial charge in [-0.15, -0.1) is 0 Å². The highest BCUT2D eigenvalue weighted by molar-refractivity contribution is 7.92. The molecule has 8 nitrogen and oxygen atoms in total. The number of alkyl halides is 3. The van der Waals surface area contributed by atoms with Gasteiger partial charge < -0.3 is 5.32 Å². The van der Waals surface area contributed by atoms with Gasteiger partial charge in [0.2, 0.25) is 5.91 Å². The number of carbonyl (C=O) groups excluding carboxylic acids is 1. The molecule has 3 rings (SSSR count). The molecule has 0 unspecified atom stereocenters. The number of nitro groups is 1. The van der Waals surface area contributed by atoms with Crippen LogP contribution in [0.25, 0.3) is 0 Å². The van der Waals surface area contributed by atoms with Crippen LogP contribution in [-0.4, -0.2) is 25.8 Å². The van der Waals surface area contributed by atoms with E-state index in [1.54, 1.807) is 6.92 Å². The molecule has 0 saturated carbocycles. The number of rotatable bonds is 7. The number of nitrogens with one attached hydrogen (secondary N) is 1. The zero-order valence-electron chi connectivity index (χ0n) is 18.5. The third-order valence-electron chi connectivity index (χ3n) is 5.13. The lowest BCUT2D eigenvalue weighted by Crippen LogP contribution is -2.38. The highest BCUT2D eigenvalue weighted by Crippen LogP contribution is 2.33. The zero-order valence-corrected chi connectivity index (χ0v) is 19.4. The normalized spacial score (nSPS) is 11.7. The maximum atomic E-state index is 13.4. The predicted octanol–water partition coefficient (Wildman–Crippen LogP) is 5.06. The van der Waals surface area contributed by atoms with Crippen molar-refractivity contribution in [3.05, 3.63) is 93.5 Å². The topological polar surface area (TPSA) is 110 Å². The van der Waals surface area contributed by atoms with Crippen LogP contribution in [0, 0.1) is 24.0 Å². The molecule has 0 aliphatic heterocycles. The maximum Gasteiger partial charge on any atom is 0.416 e. The summed E-state index contributed by atoms with van der Waals surface area (Å²) in [6.07, 6.45) is -4.74. The van der Waals surface area contributed by atoms with Crippen molar-refractivity contribution in [3.8, 4) is 0 Å². The van der Waals surface area contributed by atoms with E-state index in [0.717, 1.165) is 23.8 Å². The number of amides is 1. The Morgan fingerprint density at radius 3 is 2.26 bits per heavy atom. The molecule has 0 saturated heterocycles. The van der Waals surface area contributed by atoms with E-state index in [-0.39, 0.29) is 27.5 Å². The minimum absolute atomic E-state index is 0.0703. The first-order chi connectivity index (χ1) is 16.3. The summed E-state index contributed by atoms with van der Waals surface area (Å²) >= 11 is 0.